The average Bonchev–Trinajstić information content (AvgIpc) is 3.46. The van der Waals surface area contributed by atoms with Gasteiger partial charge in [0.25, 0.3) is 0 Å². The molecule has 6 rings (SSSR count). The Kier molecular flexibility index (Phi) is 14.8. The molecule has 0 aliphatic heterocycles. The van der Waals surface area contributed by atoms with Crippen molar-refractivity contribution in [3.63, 3.8) is 0 Å². The molecule has 1 aliphatic rings. The van der Waals surface area contributed by atoms with E-state index >= 15 is 0 Å². The normalized spacial score (nSPS) is 15.5. The van der Waals surface area contributed by atoms with Crippen LogP contribution in [0.2, 0.25) is 0 Å². The zero-order valence-corrected chi connectivity index (χ0v) is 39.0. The van der Waals surface area contributed by atoms with Gasteiger partial charge in [0.1, 0.15) is 0 Å². The van der Waals surface area contributed by atoms with Crippen molar-refractivity contribution in [3.05, 3.63) is 89.8 Å². The number of hydrogen-bond donors (Lipinski definition) is 1. The second-order valence-electron chi connectivity index (χ2n) is 19.2. The molecule has 1 fully saturated rings. The molecule has 1 aliphatic carbocycles. The number of allylic oxidation sites excluding steroid dienone is 2. The second kappa shape index (κ2) is 18.2. The molecule has 0 amide bonds. The first kappa shape index (κ1) is 44.9. The van der Waals surface area contributed by atoms with Gasteiger partial charge in [0.05, 0.1) is 5.76 Å². The number of benzene rings is 3. The fourth-order valence-corrected chi connectivity index (χ4v) is 10.6. The summed E-state index contributed by atoms with van der Waals surface area (Å²) in [5.74, 6) is 2.29. The van der Waals surface area contributed by atoms with E-state index in [4.69, 9.17) is 4.98 Å². The Morgan fingerprint density at radius 2 is 1.38 bits per heavy atom. The summed E-state index contributed by atoms with van der Waals surface area (Å²) in [7, 11) is 0. The molecule has 0 unspecified atom stereocenters. The van der Waals surface area contributed by atoms with Crippen LogP contribution >= 0.6 is 11.3 Å². The third kappa shape index (κ3) is 10.2. The summed E-state index contributed by atoms with van der Waals surface area (Å²) < 4.78 is 2.75. The van der Waals surface area contributed by atoms with Gasteiger partial charge >= 0.3 is 0 Å². The molecule has 2 aromatic heterocycles. The molecule has 2 heterocycles. The Labute approximate surface area is 350 Å². The molecule has 1 radical (unpaired) electrons. The Balaban J connectivity index is 0.000000290. The number of nitrogens with zero attached hydrogens (tertiary/aromatic N) is 1. The van der Waals surface area contributed by atoms with Crippen LogP contribution in [0.25, 0.3) is 42.2 Å². The van der Waals surface area contributed by atoms with Crippen molar-refractivity contribution in [2.24, 2.45) is 40.9 Å². The van der Waals surface area contributed by atoms with Crippen LogP contribution in [0.5, 0.6) is 0 Å². The van der Waals surface area contributed by atoms with Gasteiger partial charge in [0.2, 0.25) is 0 Å². The van der Waals surface area contributed by atoms with Crippen molar-refractivity contribution in [3.8, 4) is 11.3 Å². The zero-order valence-electron chi connectivity index (χ0n) is 35.8. The van der Waals surface area contributed by atoms with Gasteiger partial charge in [0.15, 0.2) is 5.78 Å². The Bertz CT molecular complexity index is 2090. The summed E-state index contributed by atoms with van der Waals surface area (Å²) in [4.78, 5) is 17.3. The Morgan fingerprint density at radius 1 is 0.818 bits per heavy atom. The minimum atomic E-state index is -0.0119. The van der Waals surface area contributed by atoms with Gasteiger partial charge in [-0.3, -0.25) is 9.78 Å². The van der Waals surface area contributed by atoms with E-state index in [1.807, 2.05) is 17.5 Å². The average molecular weight is 937 g/mol. The Hall–Kier alpha value is -2.85. The third-order valence-corrected chi connectivity index (χ3v) is 13.2. The summed E-state index contributed by atoms with van der Waals surface area (Å²) in [6.07, 6.45) is 8.67. The fourth-order valence-electron chi connectivity index (χ4n) is 9.17. The molecule has 0 spiro atoms. The number of rotatable bonds is 9. The number of ketones is 1. The summed E-state index contributed by atoms with van der Waals surface area (Å²) >= 11 is 1.94. The Morgan fingerprint density at radius 3 is 1.96 bits per heavy atom. The van der Waals surface area contributed by atoms with Gasteiger partial charge in [-0.05, 0) is 83.1 Å². The van der Waals surface area contributed by atoms with Crippen LogP contribution in [0.15, 0.2) is 72.6 Å². The molecule has 0 bridgehead atoms. The van der Waals surface area contributed by atoms with Crippen LogP contribution in [0.3, 0.4) is 0 Å². The predicted molar refractivity (Wildman–Crippen MR) is 235 cm³/mol. The number of pyridine rings is 1. The summed E-state index contributed by atoms with van der Waals surface area (Å²) in [5.41, 5.74) is 5.59. The van der Waals surface area contributed by atoms with Crippen LogP contribution in [0.1, 0.15) is 133 Å². The molecule has 55 heavy (non-hydrogen) atoms. The van der Waals surface area contributed by atoms with Gasteiger partial charge in [0, 0.05) is 64.7 Å². The number of carbonyl (C=O) groups excluding carboxylic acids is 1. The number of hydrogen-bond acceptors (Lipinski definition) is 4. The summed E-state index contributed by atoms with van der Waals surface area (Å²) in [5, 5.41) is 15.4. The van der Waals surface area contributed by atoms with E-state index in [2.05, 4.69) is 151 Å². The molecule has 5 aromatic rings. The first-order valence-electron chi connectivity index (χ1n) is 20.5. The van der Waals surface area contributed by atoms with E-state index in [1.165, 1.54) is 68.3 Å². The molecule has 3 nitrogen and oxygen atoms in total. The molecular weight excluding hydrogens is 871 g/mol. The van der Waals surface area contributed by atoms with Crippen LogP contribution in [-0.2, 0) is 30.3 Å². The molecule has 1 saturated carbocycles. The fraction of sp³-hybridized carbons (Fsp3) is 0.520. The first-order chi connectivity index (χ1) is 25.3. The maximum Gasteiger partial charge on any atom is 0.162 e. The van der Waals surface area contributed by atoms with Crippen molar-refractivity contribution in [1.29, 1.82) is 0 Å². The van der Waals surface area contributed by atoms with E-state index < -0.39 is 0 Å². The number of fused-ring (bicyclic) bond motifs is 4. The van der Waals surface area contributed by atoms with Crippen LogP contribution in [-0.4, -0.2) is 15.9 Å². The van der Waals surface area contributed by atoms with Crippen LogP contribution in [0.4, 0.5) is 0 Å². The van der Waals surface area contributed by atoms with E-state index in [9.17, 15) is 9.90 Å². The predicted octanol–water partition coefficient (Wildman–Crippen LogP) is 14.9. The van der Waals surface area contributed by atoms with Gasteiger partial charge in [-0.15, -0.1) is 40.5 Å². The largest absolute Gasteiger partial charge is 0.512 e. The first-order valence-corrected chi connectivity index (χ1v) is 21.3. The number of thiophene rings is 1. The van der Waals surface area contributed by atoms with Gasteiger partial charge < -0.3 is 5.11 Å². The van der Waals surface area contributed by atoms with Crippen LogP contribution in [0, 0.1) is 47.0 Å². The topological polar surface area (TPSA) is 50.2 Å². The monoisotopic (exact) mass is 937 g/mol. The van der Waals surface area contributed by atoms with Gasteiger partial charge in [-0.25, -0.2) is 0 Å². The van der Waals surface area contributed by atoms with Crippen molar-refractivity contribution in [1.82, 2.24) is 4.98 Å². The van der Waals surface area contributed by atoms with Gasteiger partial charge in [-0.2, -0.15) is 0 Å². The molecule has 299 valence electrons. The molecular formula is C50H66IrNO2S-. The van der Waals surface area contributed by atoms with E-state index in [0.717, 1.165) is 11.3 Å². The smallest absolute Gasteiger partial charge is 0.162 e. The minimum Gasteiger partial charge on any atom is -0.512 e. The standard InChI is InChI=1S/C33H34NS.C17H32O2.Ir/c1-32(2,3)28-20-23(19-22-9-6-7-10-24(22)28)29-31-27(15-18-34-29)26-12-8-11-25(30(26)35-31)21-13-16-33(4,5)17-14-21;1-10(2)16(11(3)4)14(18)9-15(19)17(12(5)6)13(7)8;/h6-12,15,18,20-21H,13-14,16-17H2,1-5H3;9-13,16-18H,1-8H3;/q-1;;/b;14-9-;. The molecule has 1 N–H and O–H groups in total. The quantitative estimate of drug-likeness (QED) is 0.0910. The van der Waals surface area contributed by atoms with Crippen LogP contribution < -0.4 is 0 Å². The second-order valence-corrected chi connectivity index (χ2v) is 20.2. The SMILES string of the molecule is CC(C)C(C(=O)/C=C(\O)C(C(C)C)C(C)C)C(C)C.CC1(C)CCC(c2cccc3c2sc2c(-c4[c-]c5ccccc5c(C(C)(C)C)c4)nccc23)CC1.[Ir]. The number of carbonyl (C=O) groups is 1. The van der Waals surface area contributed by atoms with Crippen molar-refractivity contribution >= 4 is 48.1 Å². The zero-order chi connectivity index (χ0) is 39.7. The summed E-state index contributed by atoms with van der Waals surface area (Å²) in [6, 6.07) is 23.9. The third-order valence-electron chi connectivity index (χ3n) is 11.9. The van der Waals surface area contributed by atoms with Gasteiger partial charge in [-0.1, -0.05) is 137 Å². The number of aliphatic hydroxyl groups excluding tert-OH is 1. The maximum atomic E-state index is 12.3. The maximum absolute atomic E-state index is 12.3. The molecule has 0 saturated heterocycles. The molecule has 5 heteroatoms. The van der Waals surface area contributed by atoms with Crippen molar-refractivity contribution in [2.45, 2.75) is 127 Å². The van der Waals surface area contributed by atoms with Crippen molar-refractivity contribution in [2.75, 3.05) is 0 Å². The van der Waals surface area contributed by atoms with E-state index in [0.29, 0.717) is 35.0 Å². The number of aromatic nitrogens is 1. The van der Waals surface area contributed by atoms with E-state index in [1.54, 1.807) is 5.56 Å². The molecule has 3 aromatic carbocycles. The minimum absolute atomic E-state index is 0. The number of aliphatic hydroxyl groups is 1. The molecule has 0 atom stereocenters. The van der Waals surface area contributed by atoms with Crippen molar-refractivity contribution < 1.29 is 30.0 Å². The summed E-state index contributed by atoms with van der Waals surface area (Å²) in [6.45, 7) is 28.3. The van der Waals surface area contributed by atoms with E-state index in [-0.39, 0.29) is 48.9 Å².